The number of nitrogen functional groups attached to an aromatic ring is 1. The Hall–Kier alpha value is -1.86. The third-order valence-electron chi connectivity index (χ3n) is 2.79. The molecule has 0 unspecified atom stereocenters. The summed E-state index contributed by atoms with van der Waals surface area (Å²) in [6, 6.07) is 10.2. The number of anilines is 1. The van der Waals surface area contributed by atoms with Crippen LogP contribution in [0.15, 0.2) is 40.9 Å². The zero-order valence-corrected chi connectivity index (χ0v) is 12.5. The molecule has 0 spiro atoms. The van der Waals surface area contributed by atoms with Gasteiger partial charge in [0.25, 0.3) is 0 Å². The summed E-state index contributed by atoms with van der Waals surface area (Å²) in [5, 5.41) is 11.8. The molecule has 0 aliphatic heterocycles. The van der Waals surface area contributed by atoms with E-state index in [9.17, 15) is 0 Å². The summed E-state index contributed by atoms with van der Waals surface area (Å²) in [5.41, 5.74) is 7.84. The molecule has 0 aliphatic carbocycles. The van der Waals surface area contributed by atoms with Gasteiger partial charge in [-0.2, -0.15) is 0 Å². The molecular weight excluding hydrogens is 290 g/mol. The lowest BCUT2D eigenvalue weighted by molar-refractivity contribution is 0.795. The molecule has 0 aliphatic rings. The average molecular weight is 303 g/mol. The molecule has 0 fully saturated rings. The van der Waals surface area contributed by atoms with Crippen LogP contribution in [0.1, 0.15) is 5.69 Å². The summed E-state index contributed by atoms with van der Waals surface area (Å²) in [6.07, 6.45) is 0. The minimum absolute atomic E-state index is 0.427. The Morgan fingerprint density at radius 2 is 2.05 bits per heavy atom. The van der Waals surface area contributed by atoms with Gasteiger partial charge < -0.3 is 5.73 Å². The van der Waals surface area contributed by atoms with Gasteiger partial charge in [-0.05, 0) is 0 Å². The van der Waals surface area contributed by atoms with Gasteiger partial charge in [0, 0.05) is 23.7 Å². The molecule has 0 amide bonds. The van der Waals surface area contributed by atoms with E-state index in [1.54, 1.807) is 27.7 Å². The van der Waals surface area contributed by atoms with E-state index in [-0.39, 0.29) is 0 Å². The first-order chi connectivity index (χ1) is 9.74. The van der Waals surface area contributed by atoms with E-state index < -0.39 is 0 Å². The highest BCUT2D eigenvalue weighted by Crippen LogP contribution is 2.27. The Morgan fingerprint density at radius 3 is 2.75 bits per heavy atom. The van der Waals surface area contributed by atoms with E-state index in [2.05, 4.69) is 32.7 Å². The summed E-state index contributed by atoms with van der Waals surface area (Å²) in [6.45, 7) is 0. The number of rotatable bonds is 4. The van der Waals surface area contributed by atoms with Crippen molar-refractivity contribution < 1.29 is 0 Å². The van der Waals surface area contributed by atoms with E-state index in [0.717, 1.165) is 27.2 Å². The standard InChI is InChI=1S/C13H13N5S2/c1-18-12(14)16-17-13(18)20-8-10-7-19-11(15-10)9-5-3-2-4-6-9/h2-7H,8H2,1H3,(H2,14,16). The fourth-order valence-electron chi connectivity index (χ4n) is 1.68. The van der Waals surface area contributed by atoms with Crippen molar-refractivity contribution in [2.45, 2.75) is 10.9 Å². The lowest BCUT2D eigenvalue weighted by atomic mass is 10.2. The molecule has 2 aromatic heterocycles. The monoisotopic (exact) mass is 303 g/mol. The van der Waals surface area contributed by atoms with Crippen molar-refractivity contribution in [1.82, 2.24) is 19.7 Å². The first kappa shape index (κ1) is 13.1. The highest BCUT2D eigenvalue weighted by atomic mass is 32.2. The predicted octanol–water partition coefficient (Wildman–Crippen LogP) is 2.81. The molecular formula is C13H13N5S2. The first-order valence-corrected chi connectivity index (χ1v) is 7.88. The molecule has 3 aromatic rings. The fraction of sp³-hybridized carbons (Fsp3) is 0.154. The Morgan fingerprint density at radius 1 is 1.25 bits per heavy atom. The van der Waals surface area contributed by atoms with Crippen LogP contribution in [0.25, 0.3) is 10.6 Å². The van der Waals surface area contributed by atoms with Crippen molar-refractivity contribution >= 4 is 29.0 Å². The van der Waals surface area contributed by atoms with Crippen molar-refractivity contribution in [2.24, 2.45) is 7.05 Å². The van der Waals surface area contributed by atoms with Crippen molar-refractivity contribution in [2.75, 3.05) is 5.73 Å². The van der Waals surface area contributed by atoms with Crippen LogP contribution in [0.5, 0.6) is 0 Å². The molecule has 0 atom stereocenters. The number of nitrogens with zero attached hydrogens (tertiary/aromatic N) is 4. The van der Waals surface area contributed by atoms with E-state index >= 15 is 0 Å². The molecule has 2 heterocycles. The van der Waals surface area contributed by atoms with Crippen LogP contribution in [-0.4, -0.2) is 19.7 Å². The van der Waals surface area contributed by atoms with Gasteiger partial charge in [-0.15, -0.1) is 21.5 Å². The lowest BCUT2D eigenvalue weighted by Gasteiger charge is -1.99. The number of benzene rings is 1. The summed E-state index contributed by atoms with van der Waals surface area (Å²) < 4.78 is 1.77. The molecule has 3 rings (SSSR count). The highest BCUT2D eigenvalue weighted by molar-refractivity contribution is 7.98. The maximum atomic E-state index is 5.65. The Labute approximate surface area is 124 Å². The van der Waals surface area contributed by atoms with E-state index in [0.29, 0.717) is 5.95 Å². The van der Waals surface area contributed by atoms with Gasteiger partial charge in [-0.25, -0.2) is 4.98 Å². The molecule has 102 valence electrons. The SMILES string of the molecule is Cn1c(N)nnc1SCc1csc(-c2ccccc2)n1. The van der Waals surface area contributed by atoms with E-state index in [1.165, 1.54) is 0 Å². The molecule has 5 nitrogen and oxygen atoms in total. The molecule has 1 aromatic carbocycles. The fourth-order valence-corrected chi connectivity index (χ4v) is 3.42. The molecule has 0 radical (unpaired) electrons. The van der Waals surface area contributed by atoms with Crippen LogP contribution in [0.2, 0.25) is 0 Å². The number of thiazole rings is 1. The second-order valence-corrected chi connectivity index (χ2v) is 6.00. The van der Waals surface area contributed by atoms with Gasteiger partial charge >= 0.3 is 0 Å². The highest BCUT2D eigenvalue weighted by Gasteiger charge is 2.09. The van der Waals surface area contributed by atoms with Crippen LogP contribution < -0.4 is 5.73 Å². The number of aromatic nitrogens is 4. The minimum atomic E-state index is 0.427. The first-order valence-electron chi connectivity index (χ1n) is 6.01. The molecule has 20 heavy (non-hydrogen) atoms. The maximum Gasteiger partial charge on any atom is 0.222 e. The van der Waals surface area contributed by atoms with Gasteiger partial charge in [-0.1, -0.05) is 42.1 Å². The Balaban J connectivity index is 1.70. The third-order valence-corrected chi connectivity index (χ3v) is 4.78. The van der Waals surface area contributed by atoms with Crippen LogP contribution in [0.4, 0.5) is 5.95 Å². The maximum absolute atomic E-state index is 5.65. The average Bonchev–Trinajstić information content (AvgIpc) is 3.07. The van der Waals surface area contributed by atoms with Gasteiger partial charge in [0.05, 0.1) is 5.69 Å². The van der Waals surface area contributed by atoms with Crippen LogP contribution in [0.3, 0.4) is 0 Å². The number of nitrogens with two attached hydrogens (primary N) is 1. The zero-order chi connectivity index (χ0) is 13.9. The second kappa shape index (κ2) is 5.64. The molecule has 2 N–H and O–H groups in total. The second-order valence-electron chi connectivity index (χ2n) is 4.20. The van der Waals surface area contributed by atoms with Gasteiger partial charge in [0.2, 0.25) is 5.95 Å². The Bertz CT molecular complexity index is 705. The third kappa shape index (κ3) is 2.68. The number of hydrogen-bond acceptors (Lipinski definition) is 6. The smallest absolute Gasteiger partial charge is 0.222 e. The van der Waals surface area contributed by atoms with Crippen LogP contribution in [0, 0.1) is 0 Å². The Kier molecular flexibility index (Phi) is 3.70. The predicted molar refractivity (Wildman–Crippen MR) is 82.5 cm³/mol. The molecule has 0 saturated heterocycles. The normalized spacial score (nSPS) is 10.8. The zero-order valence-electron chi connectivity index (χ0n) is 10.9. The van der Waals surface area contributed by atoms with Crippen LogP contribution >= 0.6 is 23.1 Å². The van der Waals surface area contributed by atoms with Crippen molar-refractivity contribution in [3.8, 4) is 10.6 Å². The molecule has 0 saturated carbocycles. The quantitative estimate of drug-likeness (QED) is 0.751. The van der Waals surface area contributed by atoms with Crippen LogP contribution in [-0.2, 0) is 12.8 Å². The van der Waals surface area contributed by atoms with Gasteiger partial charge in [0.15, 0.2) is 5.16 Å². The van der Waals surface area contributed by atoms with Gasteiger partial charge in [-0.3, -0.25) is 4.57 Å². The molecule has 0 bridgehead atoms. The number of thioether (sulfide) groups is 1. The van der Waals surface area contributed by atoms with Gasteiger partial charge in [0.1, 0.15) is 5.01 Å². The lowest BCUT2D eigenvalue weighted by Crippen LogP contribution is -1.98. The van der Waals surface area contributed by atoms with E-state index in [1.807, 2.05) is 25.2 Å². The molecule has 7 heteroatoms. The minimum Gasteiger partial charge on any atom is -0.368 e. The van der Waals surface area contributed by atoms with Crippen molar-refractivity contribution in [3.05, 3.63) is 41.4 Å². The largest absolute Gasteiger partial charge is 0.368 e. The summed E-state index contributed by atoms with van der Waals surface area (Å²) in [5.74, 6) is 1.19. The van der Waals surface area contributed by atoms with E-state index in [4.69, 9.17) is 5.73 Å². The topological polar surface area (TPSA) is 69.6 Å². The van der Waals surface area contributed by atoms with Crippen molar-refractivity contribution in [3.63, 3.8) is 0 Å². The number of hydrogen-bond donors (Lipinski definition) is 1. The van der Waals surface area contributed by atoms with Crippen molar-refractivity contribution in [1.29, 1.82) is 0 Å². The summed E-state index contributed by atoms with van der Waals surface area (Å²) in [4.78, 5) is 4.64. The summed E-state index contributed by atoms with van der Waals surface area (Å²) >= 11 is 3.24. The summed E-state index contributed by atoms with van der Waals surface area (Å²) in [7, 11) is 1.86.